The van der Waals surface area contributed by atoms with Crippen molar-refractivity contribution in [3.63, 3.8) is 0 Å². The fourth-order valence-electron chi connectivity index (χ4n) is 2.79. The van der Waals surface area contributed by atoms with Gasteiger partial charge >= 0.3 is 0 Å². The first-order valence-corrected chi connectivity index (χ1v) is 10.1. The van der Waals surface area contributed by atoms with Crippen LogP contribution in [-0.4, -0.2) is 31.8 Å². The summed E-state index contributed by atoms with van der Waals surface area (Å²) in [6, 6.07) is 11.3. The highest BCUT2D eigenvalue weighted by molar-refractivity contribution is 7.13. The second-order valence-corrected chi connectivity index (χ2v) is 7.52. The number of thiophene rings is 1. The summed E-state index contributed by atoms with van der Waals surface area (Å²) in [6.45, 7) is 3.94. The van der Waals surface area contributed by atoms with Crippen molar-refractivity contribution in [2.24, 2.45) is 0 Å². The molecule has 3 heterocycles. The van der Waals surface area contributed by atoms with Crippen LogP contribution in [-0.2, 0) is 13.1 Å². The van der Waals surface area contributed by atoms with Gasteiger partial charge in [0.25, 0.3) is 5.89 Å². The van der Waals surface area contributed by atoms with Crippen LogP contribution in [0.25, 0.3) is 22.2 Å². The SMILES string of the molecule is CCCN(Cc1nnc(-c2cccs2)o1)Cc1nnc(-c2ccccc2Cl)o1. The van der Waals surface area contributed by atoms with Crippen LogP contribution in [0.5, 0.6) is 0 Å². The molecule has 0 saturated carbocycles. The standard InChI is InChI=1S/C19H18ClN5O2S/c1-2-9-25(12-17-22-24-19(27-17)15-8-5-10-28-15)11-16-21-23-18(26-16)13-6-3-4-7-14(13)20/h3-8,10H,2,9,11-12H2,1H3. The van der Waals surface area contributed by atoms with Gasteiger partial charge in [0.1, 0.15) is 0 Å². The summed E-state index contributed by atoms with van der Waals surface area (Å²) in [5, 5.41) is 19.1. The molecule has 1 aromatic carbocycles. The van der Waals surface area contributed by atoms with Crippen LogP contribution in [0, 0.1) is 0 Å². The number of hydrogen-bond donors (Lipinski definition) is 0. The normalized spacial score (nSPS) is 11.4. The number of benzene rings is 1. The van der Waals surface area contributed by atoms with E-state index in [0.717, 1.165) is 23.4 Å². The largest absolute Gasteiger partial charge is 0.419 e. The van der Waals surface area contributed by atoms with E-state index in [1.807, 2.05) is 35.7 Å². The highest BCUT2D eigenvalue weighted by atomic mass is 35.5. The molecule has 28 heavy (non-hydrogen) atoms. The Labute approximate surface area is 171 Å². The first-order chi connectivity index (χ1) is 13.7. The van der Waals surface area contributed by atoms with E-state index in [9.17, 15) is 0 Å². The molecule has 7 nitrogen and oxygen atoms in total. The predicted molar refractivity (Wildman–Crippen MR) is 107 cm³/mol. The van der Waals surface area contributed by atoms with Crippen LogP contribution in [0.1, 0.15) is 25.1 Å². The average Bonchev–Trinajstić information content (AvgIpc) is 3.44. The Bertz CT molecular complexity index is 1030. The molecule has 4 aromatic rings. The Balaban J connectivity index is 1.46. The molecule has 9 heteroatoms. The number of nitrogens with zero attached hydrogens (tertiary/aromatic N) is 5. The zero-order valence-corrected chi connectivity index (χ0v) is 16.8. The molecule has 0 unspecified atom stereocenters. The van der Waals surface area contributed by atoms with Gasteiger partial charge in [-0.15, -0.1) is 31.7 Å². The van der Waals surface area contributed by atoms with Crippen molar-refractivity contribution in [1.82, 2.24) is 25.3 Å². The van der Waals surface area contributed by atoms with E-state index in [1.165, 1.54) is 0 Å². The van der Waals surface area contributed by atoms with Gasteiger partial charge < -0.3 is 8.83 Å². The van der Waals surface area contributed by atoms with Crippen LogP contribution in [0.2, 0.25) is 5.02 Å². The van der Waals surface area contributed by atoms with Crippen LogP contribution in [0.3, 0.4) is 0 Å². The highest BCUT2D eigenvalue weighted by Gasteiger charge is 2.17. The van der Waals surface area contributed by atoms with Gasteiger partial charge in [-0.2, -0.15) is 0 Å². The van der Waals surface area contributed by atoms with E-state index in [0.29, 0.717) is 41.7 Å². The minimum absolute atomic E-state index is 0.412. The lowest BCUT2D eigenvalue weighted by Gasteiger charge is -2.17. The van der Waals surface area contributed by atoms with Gasteiger partial charge in [-0.3, -0.25) is 4.90 Å². The Morgan fingerprint density at radius 1 is 0.929 bits per heavy atom. The maximum Gasteiger partial charge on any atom is 0.257 e. The molecule has 0 N–H and O–H groups in total. The molecular formula is C19H18ClN5O2S. The summed E-state index contributed by atoms with van der Waals surface area (Å²) >= 11 is 7.78. The molecule has 0 bridgehead atoms. The van der Waals surface area contributed by atoms with Crippen molar-refractivity contribution in [2.75, 3.05) is 6.54 Å². The first kappa shape index (κ1) is 18.8. The third kappa shape index (κ3) is 4.30. The van der Waals surface area contributed by atoms with Crippen LogP contribution >= 0.6 is 22.9 Å². The van der Waals surface area contributed by atoms with Crippen molar-refractivity contribution in [3.8, 4) is 22.2 Å². The molecule has 4 rings (SSSR count). The van der Waals surface area contributed by atoms with Gasteiger partial charge in [-0.05, 0) is 36.5 Å². The number of aromatic nitrogens is 4. The van der Waals surface area contributed by atoms with Crippen molar-refractivity contribution >= 4 is 22.9 Å². The second-order valence-electron chi connectivity index (χ2n) is 6.17. The topological polar surface area (TPSA) is 81.1 Å². The van der Waals surface area contributed by atoms with Gasteiger partial charge in [0, 0.05) is 0 Å². The molecule has 3 aromatic heterocycles. The van der Waals surface area contributed by atoms with Crippen molar-refractivity contribution in [2.45, 2.75) is 26.4 Å². The van der Waals surface area contributed by atoms with Gasteiger partial charge in [0.2, 0.25) is 17.7 Å². The third-order valence-corrected chi connectivity index (χ3v) is 5.21. The summed E-state index contributed by atoms with van der Waals surface area (Å²) in [5.41, 5.74) is 0.724. The Kier molecular flexibility index (Phi) is 5.80. The van der Waals surface area contributed by atoms with Gasteiger partial charge in [-0.1, -0.05) is 36.7 Å². The van der Waals surface area contributed by atoms with Crippen molar-refractivity contribution < 1.29 is 8.83 Å². The number of halogens is 1. The summed E-state index contributed by atoms with van der Waals surface area (Å²) in [4.78, 5) is 3.09. The fraction of sp³-hybridized carbons (Fsp3) is 0.263. The Morgan fingerprint density at radius 3 is 2.32 bits per heavy atom. The third-order valence-electron chi connectivity index (χ3n) is 4.03. The first-order valence-electron chi connectivity index (χ1n) is 8.89. The molecule has 0 radical (unpaired) electrons. The van der Waals surface area contributed by atoms with Crippen molar-refractivity contribution in [1.29, 1.82) is 0 Å². The number of hydrogen-bond acceptors (Lipinski definition) is 8. The quantitative estimate of drug-likeness (QED) is 0.404. The van der Waals surface area contributed by atoms with E-state index >= 15 is 0 Å². The fourth-order valence-corrected chi connectivity index (χ4v) is 3.65. The molecule has 0 spiro atoms. The maximum atomic E-state index is 6.21. The Hall–Kier alpha value is -2.55. The van der Waals surface area contributed by atoms with Crippen molar-refractivity contribution in [3.05, 3.63) is 58.6 Å². The lowest BCUT2D eigenvalue weighted by molar-refractivity contribution is 0.211. The Morgan fingerprint density at radius 2 is 1.64 bits per heavy atom. The van der Waals surface area contributed by atoms with E-state index in [1.54, 1.807) is 17.4 Å². The van der Waals surface area contributed by atoms with E-state index < -0.39 is 0 Å². The molecule has 0 aliphatic carbocycles. The highest BCUT2D eigenvalue weighted by Crippen LogP contribution is 2.27. The van der Waals surface area contributed by atoms with Gasteiger partial charge in [0.05, 0.1) is 28.6 Å². The lowest BCUT2D eigenvalue weighted by Crippen LogP contribution is -2.24. The smallest absolute Gasteiger partial charge is 0.257 e. The molecular weight excluding hydrogens is 398 g/mol. The molecule has 144 valence electrons. The van der Waals surface area contributed by atoms with Gasteiger partial charge in [0.15, 0.2) is 0 Å². The molecule has 0 fully saturated rings. The minimum Gasteiger partial charge on any atom is -0.419 e. The summed E-state index contributed by atoms with van der Waals surface area (Å²) < 4.78 is 11.6. The molecule has 0 amide bonds. The number of rotatable bonds is 8. The molecule has 0 atom stereocenters. The molecule has 0 aliphatic heterocycles. The van der Waals surface area contributed by atoms with Crippen LogP contribution in [0.4, 0.5) is 0 Å². The van der Waals surface area contributed by atoms with E-state index in [2.05, 4.69) is 32.2 Å². The van der Waals surface area contributed by atoms with Crippen LogP contribution in [0.15, 0.2) is 50.6 Å². The van der Waals surface area contributed by atoms with E-state index in [-0.39, 0.29) is 0 Å². The minimum atomic E-state index is 0.412. The second kappa shape index (κ2) is 8.64. The zero-order chi connectivity index (χ0) is 19.3. The maximum absolute atomic E-state index is 6.21. The summed E-state index contributed by atoms with van der Waals surface area (Å²) in [5.74, 6) is 2.03. The predicted octanol–water partition coefficient (Wildman–Crippen LogP) is 4.91. The zero-order valence-electron chi connectivity index (χ0n) is 15.2. The average molecular weight is 416 g/mol. The van der Waals surface area contributed by atoms with Gasteiger partial charge in [-0.25, -0.2) is 0 Å². The molecule has 0 saturated heterocycles. The molecule has 0 aliphatic rings. The lowest BCUT2D eigenvalue weighted by atomic mass is 10.2. The monoisotopic (exact) mass is 415 g/mol. The van der Waals surface area contributed by atoms with Crippen LogP contribution < -0.4 is 0 Å². The summed E-state index contributed by atoms with van der Waals surface area (Å²) in [6.07, 6.45) is 0.970. The summed E-state index contributed by atoms with van der Waals surface area (Å²) in [7, 11) is 0. The van der Waals surface area contributed by atoms with E-state index in [4.69, 9.17) is 20.4 Å².